The molecule has 0 unspecified atom stereocenters. The van der Waals surface area contributed by atoms with Gasteiger partial charge in [-0.05, 0) is 31.4 Å². The second-order valence-electron chi connectivity index (χ2n) is 5.91. The van der Waals surface area contributed by atoms with Crippen molar-refractivity contribution in [3.63, 3.8) is 0 Å². The van der Waals surface area contributed by atoms with Crippen LogP contribution in [0.3, 0.4) is 0 Å². The number of hydrogen-bond acceptors (Lipinski definition) is 5. The molecule has 0 spiro atoms. The Kier molecular flexibility index (Phi) is 4.45. The molecule has 1 fully saturated rings. The van der Waals surface area contributed by atoms with Crippen molar-refractivity contribution >= 4 is 21.7 Å². The zero-order chi connectivity index (χ0) is 17.5. The Morgan fingerprint density at radius 2 is 1.96 bits per heavy atom. The highest BCUT2D eigenvalue weighted by molar-refractivity contribution is 7.89. The Hall–Kier alpha value is -2.00. The second-order valence-corrected chi connectivity index (χ2v) is 7.81. The number of carboxylic acid groups (broad SMARTS) is 1. The van der Waals surface area contributed by atoms with Gasteiger partial charge in [0.15, 0.2) is 0 Å². The maximum Gasteiger partial charge on any atom is 0.308 e. The molecule has 0 aromatic heterocycles. The maximum absolute atomic E-state index is 12.8. The summed E-state index contributed by atoms with van der Waals surface area (Å²) in [6, 6.07) is 2.71. The van der Waals surface area contributed by atoms with E-state index < -0.39 is 26.8 Å². The van der Waals surface area contributed by atoms with Gasteiger partial charge < -0.3 is 5.11 Å². The molecule has 1 aromatic carbocycles. The summed E-state index contributed by atoms with van der Waals surface area (Å²) < 4.78 is 26.7. The highest BCUT2D eigenvalue weighted by Gasteiger charge is 2.41. The summed E-state index contributed by atoms with van der Waals surface area (Å²) in [5, 5.41) is 20.2. The van der Waals surface area contributed by atoms with E-state index in [1.807, 2.05) is 0 Å². The van der Waals surface area contributed by atoms with Crippen LogP contribution < -0.4 is 0 Å². The lowest BCUT2D eigenvalue weighted by atomic mass is 9.99. The largest absolute Gasteiger partial charge is 0.481 e. The van der Waals surface area contributed by atoms with E-state index in [4.69, 9.17) is 5.11 Å². The van der Waals surface area contributed by atoms with Crippen LogP contribution in [0.25, 0.3) is 0 Å². The van der Waals surface area contributed by atoms with Crippen LogP contribution in [-0.2, 0) is 14.8 Å². The second kappa shape index (κ2) is 5.89. The van der Waals surface area contributed by atoms with E-state index in [1.165, 1.54) is 19.1 Å². The molecule has 1 saturated heterocycles. The zero-order valence-electron chi connectivity index (χ0n) is 13.0. The third kappa shape index (κ3) is 3.06. The predicted molar refractivity (Wildman–Crippen MR) is 81.6 cm³/mol. The van der Waals surface area contributed by atoms with E-state index in [0.29, 0.717) is 5.56 Å². The standard InChI is InChI=1S/C14H18N2O6S/c1-8-4-12(16(19)20)10(3)13(5-8)23(21,22)15-6-9(2)11(7-15)14(17)18/h4-5,9,11H,6-7H2,1-3H3,(H,17,18)/t9-,11-/m1/s1. The molecule has 1 aromatic rings. The van der Waals surface area contributed by atoms with Crippen molar-refractivity contribution in [2.45, 2.75) is 25.7 Å². The topological polar surface area (TPSA) is 118 Å². The van der Waals surface area contributed by atoms with Crippen LogP contribution in [0, 0.1) is 35.8 Å². The van der Waals surface area contributed by atoms with Crippen LogP contribution in [0.15, 0.2) is 17.0 Å². The molecule has 1 heterocycles. The molecule has 0 amide bonds. The number of aryl methyl sites for hydroxylation is 1. The number of hydrogen-bond donors (Lipinski definition) is 1. The van der Waals surface area contributed by atoms with Crippen LogP contribution in [0.1, 0.15) is 18.1 Å². The summed E-state index contributed by atoms with van der Waals surface area (Å²) in [6.07, 6.45) is 0. The fraction of sp³-hybridized carbons (Fsp3) is 0.500. The average molecular weight is 342 g/mol. The van der Waals surface area contributed by atoms with Gasteiger partial charge in [0, 0.05) is 24.7 Å². The fourth-order valence-corrected chi connectivity index (χ4v) is 4.74. The first kappa shape index (κ1) is 17.4. The molecule has 126 valence electrons. The van der Waals surface area contributed by atoms with Crippen molar-refractivity contribution in [3.8, 4) is 0 Å². The molecular weight excluding hydrogens is 324 g/mol. The molecule has 2 rings (SSSR count). The molecule has 8 nitrogen and oxygen atoms in total. The van der Waals surface area contributed by atoms with Crippen LogP contribution in [0.4, 0.5) is 5.69 Å². The Morgan fingerprint density at radius 3 is 2.43 bits per heavy atom. The predicted octanol–water partition coefficient (Wildman–Crippen LogP) is 1.55. The molecule has 23 heavy (non-hydrogen) atoms. The Labute approximate surface area is 133 Å². The van der Waals surface area contributed by atoms with Gasteiger partial charge in [-0.3, -0.25) is 14.9 Å². The first-order valence-corrected chi connectivity index (χ1v) is 8.48. The van der Waals surface area contributed by atoms with Gasteiger partial charge in [0.2, 0.25) is 10.0 Å². The number of rotatable bonds is 4. The molecule has 1 aliphatic rings. The number of carbonyl (C=O) groups is 1. The van der Waals surface area contributed by atoms with Crippen LogP contribution in [-0.4, -0.2) is 41.8 Å². The molecule has 1 N–H and O–H groups in total. The van der Waals surface area contributed by atoms with Crippen LogP contribution >= 0.6 is 0 Å². The van der Waals surface area contributed by atoms with Crippen LogP contribution in [0.5, 0.6) is 0 Å². The molecule has 1 aliphatic heterocycles. The highest BCUT2D eigenvalue weighted by Crippen LogP contribution is 2.33. The van der Waals surface area contributed by atoms with Gasteiger partial charge in [-0.15, -0.1) is 0 Å². The minimum atomic E-state index is -3.98. The normalized spacial score (nSPS) is 22.2. The SMILES string of the molecule is Cc1cc([N+](=O)[O-])c(C)c(S(=O)(=O)N2C[C@@H](C)[C@H](C(=O)O)C2)c1. The van der Waals surface area contributed by atoms with Crippen molar-refractivity contribution in [1.29, 1.82) is 0 Å². The fourth-order valence-electron chi connectivity index (χ4n) is 2.84. The lowest BCUT2D eigenvalue weighted by Crippen LogP contribution is -2.30. The van der Waals surface area contributed by atoms with E-state index in [-0.39, 0.29) is 35.2 Å². The molecule has 9 heteroatoms. The summed E-state index contributed by atoms with van der Waals surface area (Å²) in [7, 11) is -3.98. The van der Waals surface area contributed by atoms with Gasteiger partial charge in [0.1, 0.15) is 0 Å². The number of nitro benzene ring substituents is 1. The molecule has 2 atom stereocenters. The number of carboxylic acids is 1. The van der Waals surface area contributed by atoms with E-state index in [1.54, 1.807) is 13.8 Å². The molecule has 0 bridgehead atoms. The lowest BCUT2D eigenvalue weighted by Gasteiger charge is -2.18. The van der Waals surface area contributed by atoms with Crippen molar-refractivity contribution in [2.75, 3.05) is 13.1 Å². The summed E-state index contributed by atoms with van der Waals surface area (Å²) in [6.45, 7) is 4.61. The zero-order valence-corrected chi connectivity index (χ0v) is 13.8. The van der Waals surface area contributed by atoms with Crippen molar-refractivity contribution in [3.05, 3.63) is 33.4 Å². The van der Waals surface area contributed by atoms with Gasteiger partial charge in [-0.1, -0.05) is 6.92 Å². The average Bonchev–Trinajstić information content (AvgIpc) is 2.83. The third-order valence-corrected chi connectivity index (χ3v) is 6.15. The minimum absolute atomic E-state index is 0.0621. The smallest absolute Gasteiger partial charge is 0.308 e. The molecule has 0 aliphatic carbocycles. The maximum atomic E-state index is 12.8. The van der Waals surface area contributed by atoms with Crippen molar-refractivity contribution in [2.24, 2.45) is 11.8 Å². The quantitative estimate of drug-likeness (QED) is 0.655. The number of aliphatic carboxylic acids is 1. The Morgan fingerprint density at radius 1 is 1.35 bits per heavy atom. The number of benzene rings is 1. The van der Waals surface area contributed by atoms with Gasteiger partial charge in [0.25, 0.3) is 5.69 Å². The van der Waals surface area contributed by atoms with Gasteiger partial charge in [-0.25, -0.2) is 8.42 Å². The van der Waals surface area contributed by atoms with Crippen molar-refractivity contribution < 1.29 is 23.2 Å². The number of sulfonamides is 1. The Bertz CT molecular complexity index is 774. The van der Waals surface area contributed by atoms with Crippen molar-refractivity contribution in [1.82, 2.24) is 4.31 Å². The summed E-state index contributed by atoms with van der Waals surface area (Å²) >= 11 is 0. The number of nitrogens with zero attached hydrogens (tertiary/aromatic N) is 2. The van der Waals surface area contributed by atoms with Gasteiger partial charge in [-0.2, -0.15) is 4.31 Å². The number of nitro groups is 1. The first-order chi connectivity index (χ1) is 10.6. The summed E-state index contributed by atoms with van der Waals surface area (Å²) in [5.41, 5.74) is 0.264. The first-order valence-electron chi connectivity index (χ1n) is 7.04. The molecular formula is C14H18N2O6S. The summed E-state index contributed by atoms with van der Waals surface area (Å²) in [5.74, 6) is -2.13. The molecule has 0 saturated carbocycles. The Balaban J connectivity index is 2.50. The lowest BCUT2D eigenvalue weighted by molar-refractivity contribution is -0.385. The highest BCUT2D eigenvalue weighted by atomic mass is 32.2. The van der Waals surface area contributed by atoms with E-state index in [2.05, 4.69) is 0 Å². The van der Waals surface area contributed by atoms with Crippen LogP contribution in [0.2, 0.25) is 0 Å². The monoisotopic (exact) mass is 342 g/mol. The van der Waals surface area contributed by atoms with Gasteiger partial charge >= 0.3 is 5.97 Å². The molecule has 0 radical (unpaired) electrons. The van der Waals surface area contributed by atoms with E-state index in [9.17, 15) is 23.3 Å². The minimum Gasteiger partial charge on any atom is -0.481 e. The summed E-state index contributed by atoms with van der Waals surface area (Å²) in [4.78, 5) is 21.5. The third-order valence-electron chi connectivity index (χ3n) is 4.19. The van der Waals surface area contributed by atoms with E-state index in [0.717, 1.165) is 4.31 Å². The van der Waals surface area contributed by atoms with E-state index >= 15 is 0 Å². The van der Waals surface area contributed by atoms with Gasteiger partial charge in [0.05, 0.1) is 15.7 Å².